The van der Waals surface area contributed by atoms with E-state index in [1.807, 2.05) is 0 Å². The predicted octanol–water partition coefficient (Wildman–Crippen LogP) is -0.251. The lowest BCUT2D eigenvalue weighted by molar-refractivity contribution is -0.118. The predicted molar refractivity (Wildman–Crippen MR) is 42.2 cm³/mol. The molecule has 0 saturated carbocycles. The quantitative estimate of drug-likeness (QED) is 0.463. The summed E-state index contributed by atoms with van der Waals surface area (Å²) in [5.41, 5.74) is 0. The topological polar surface area (TPSA) is 46.2 Å². The van der Waals surface area contributed by atoms with Crippen LogP contribution in [0.5, 0.6) is 0 Å². The Labute approximate surface area is 69.5 Å². The van der Waals surface area contributed by atoms with Gasteiger partial charge in [-0.2, -0.15) is 12.6 Å². The van der Waals surface area contributed by atoms with Gasteiger partial charge in [0.15, 0.2) is 0 Å². The number of hydrogen-bond acceptors (Lipinski definition) is 3. The van der Waals surface area contributed by atoms with Crippen molar-refractivity contribution >= 4 is 36.4 Å². The van der Waals surface area contributed by atoms with E-state index in [2.05, 4.69) is 17.9 Å². The maximum absolute atomic E-state index is 10.5. The summed E-state index contributed by atoms with van der Waals surface area (Å²) >= 11 is 8.93. The second-order valence-corrected chi connectivity index (χ2v) is 2.19. The molecule has 0 fully saturated rings. The molecule has 0 aromatic heterocycles. The lowest BCUT2D eigenvalue weighted by Crippen LogP contribution is -2.37. The number of nitrogens with one attached hydrogen (secondary N) is 1. The Kier molecular flexibility index (Phi) is 5.43. The molecule has 1 radical (unpaired) electrons. The van der Waals surface area contributed by atoms with Crippen molar-refractivity contribution in [2.24, 2.45) is 0 Å². The number of alkyl halides is 1. The highest BCUT2D eigenvalue weighted by molar-refractivity contribution is 7.80. The van der Waals surface area contributed by atoms with Gasteiger partial charge in [0.25, 0.3) is 0 Å². The normalized spacial score (nSPS) is 12.2. The van der Waals surface area contributed by atoms with Crippen LogP contribution >= 0.6 is 24.2 Å². The van der Waals surface area contributed by atoms with E-state index in [1.54, 1.807) is 6.29 Å². The summed E-state index contributed by atoms with van der Waals surface area (Å²) < 4.78 is 0. The van der Waals surface area contributed by atoms with Crippen LogP contribution in [0.3, 0.4) is 0 Å². The third-order valence-electron chi connectivity index (χ3n) is 0.781. The molecule has 1 atom stereocenters. The van der Waals surface area contributed by atoms with Crippen molar-refractivity contribution in [2.45, 2.75) is 6.04 Å². The summed E-state index contributed by atoms with van der Waals surface area (Å²) in [6, 6.07) is -0.644. The average molecular weight is 181 g/mol. The number of hydrogen-bond donors (Lipinski definition) is 2. The first-order chi connectivity index (χ1) is 4.74. The SMILES string of the molecule is O=[C][C@H](CS)NC(=O)CCl. The van der Waals surface area contributed by atoms with Gasteiger partial charge < -0.3 is 5.32 Å². The van der Waals surface area contributed by atoms with Crippen molar-refractivity contribution in [3.05, 3.63) is 0 Å². The Hall–Kier alpha value is -0.220. The van der Waals surface area contributed by atoms with Crippen LogP contribution in [0.15, 0.2) is 0 Å². The van der Waals surface area contributed by atoms with Crippen molar-refractivity contribution < 1.29 is 9.59 Å². The summed E-state index contributed by atoms with van der Waals surface area (Å²) in [5, 5.41) is 2.30. The molecule has 10 heavy (non-hydrogen) atoms. The maximum Gasteiger partial charge on any atom is 0.235 e. The number of carbonyl (C=O) groups is 1. The number of carbonyl (C=O) groups excluding carboxylic acids is 2. The lowest BCUT2D eigenvalue weighted by atomic mass is 10.4. The zero-order valence-corrected chi connectivity index (χ0v) is 6.78. The summed E-state index contributed by atoms with van der Waals surface area (Å²) in [7, 11) is 0. The van der Waals surface area contributed by atoms with Crippen molar-refractivity contribution in [1.82, 2.24) is 5.32 Å². The van der Waals surface area contributed by atoms with Crippen LogP contribution in [0, 0.1) is 0 Å². The molecule has 0 unspecified atom stereocenters. The fourth-order valence-corrected chi connectivity index (χ4v) is 0.588. The molecule has 0 aromatic rings. The summed E-state index contributed by atoms with van der Waals surface area (Å²) in [6.07, 6.45) is 1.60. The van der Waals surface area contributed by atoms with Gasteiger partial charge in [-0.05, 0) is 0 Å². The van der Waals surface area contributed by atoms with Gasteiger partial charge in [0.1, 0.15) is 11.9 Å². The minimum absolute atomic E-state index is 0.147. The van der Waals surface area contributed by atoms with Gasteiger partial charge in [0, 0.05) is 5.75 Å². The molecule has 0 spiro atoms. The molecular weight excluding hydrogens is 174 g/mol. The smallest absolute Gasteiger partial charge is 0.235 e. The number of thiol groups is 1. The summed E-state index contributed by atoms with van der Waals surface area (Å²) in [6.45, 7) is 0. The van der Waals surface area contributed by atoms with Crippen LogP contribution in [0.25, 0.3) is 0 Å². The van der Waals surface area contributed by atoms with Gasteiger partial charge in [-0.25, -0.2) is 0 Å². The molecule has 0 aliphatic heterocycles. The first-order valence-electron chi connectivity index (χ1n) is 2.58. The minimum atomic E-state index is -0.644. The summed E-state index contributed by atoms with van der Waals surface area (Å²) in [4.78, 5) is 20.4. The average Bonchev–Trinajstić information content (AvgIpc) is 1.99. The van der Waals surface area contributed by atoms with E-state index in [4.69, 9.17) is 11.6 Å². The highest BCUT2D eigenvalue weighted by Gasteiger charge is 2.07. The molecule has 1 amide bonds. The summed E-state index contributed by atoms with van der Waals surface area (Å²) in [5.74, 6) is -0.290. The van der Waals surface area contributed by atoms with Crippen molar-refractivity contribution in [3.63, 3.8) is 0 Å². The molecule has 0 saturated heterocycles. The van der Waals surface area contributed by atoms with Crippen molar-refractivity contribution in [2.75, 3.05) is 11.6 Å². The molecular formula is C5H7ClNO2S. The Bertz CT molecular complexity index is 131. The van der Waals surface area contributed by atoms with E-state index in [1.165, 1.54) is 0 Å². The largest absolute Gasteiger partial charge is 0.344 e. The van der Waals surface area contributed by atoms with Crippen LogP contribution in [0.4, 0.5) is 0 Å². The molecule has 0 aliphatic carbocycles. The van der Waals surface area contributed by atoms with E-state index in [0.717, 1.165) is 0 Å². The van der Waals surface area contributed by atoms with Crippen LogP contribution in [0.1, 0.15) is 0 Å². The zero-order chi connectivity index (χ0) is 7.98. The van der Waals surface area contributed by atoms with Gasteiger partial charge in [-0.3, -0.25) is 9.59 Å². The molecule has 0 aromatic carbocycles. The fourth-order valence-electron chi connectivity index (χ4n) is 0.345. The molecule has 0 aliphatic rings. The van der Waals surface area contributed by atoms with E-state index < -0.39 is 6.04 Å². The molecule has 0 heterocycles. The molecule has 5 heteroatoms. The van der Waals surface area contributed by atoms with Crippen LogP contribution in [-0.4, -0.2) is 29.9 Å². The van der Waals surface area contributed by atoms with Crippen molar-refractivity contribution in [1.29, 1.82) is 0 Å². The van der Waals surface area contributed by atoms with E-state index in [-0.39, 0.29) is 17.5 Å². The van der Waals surface area contributed by atoms with Gasteiger partial charge in [0.05, 0.1) is 0 Å². The van der Waals surface area contributed by atoms with Crippen LogP contribution in [0.2, 0.25) is 0 Å². The van der Waals surface area contributed by atoms with Crippen molar-refractivity contribution in [3.8, 4) is 0 Å². The Morgan fingerprint density at radius 2 is 2.40 bits per heavy atom. The molecule has 0 rings (SSSR count). The monoisotopic (exact) mass is 180 g/mol. The highest BCUT2D eigenvalue weighted by Crippen LogP contribution is 1.84. The standard InChI is InChI=1S/C5H7ClNO2S/c6-1-5(9)7-4(2-8)3-10/h4,10H,1,3H2,(H,7,9)/t4-/m1/s1. The fraction of sp³-hybridized carbons (Fsp3) is 0.600. The van der Waals surface area contributed by atoms with Crippen LogP contribution < -0.4 is 5.32 Å². The minimum Gasteiger partial charge on any atom is -0.344 e. The molecule has 1 N–H and O–H groups in total. The Morgan fingerprint density at radius 1 is 1.80 bits per heavy atom. The zero-order valence-electron chi connectivity index (χ0n) is 5.13. The maximum atomic E-state index is 10.5. The molecule has 0 bridgehead atoms. The highest BCUT2D eigenvalue weighted by atomic mass is 35.5. The van der Waals surface area contributed by atoms with E-state index in [0.29, 0.717) is 0 Å². The van der Waals surface area contributed by atoms with E-state index >= 15 is 0 Å². The number of amides is 1. The van der Waals surface area contributed by atoms with Gasteiger partial charge in [-0.15, -0.1) is 11.6 Å². The first kappa shape index (κ1) is 9.78. The van der Waals surface area contributed by atoms with Gasteiger partial charge >= 0.3 is 0 Å². The third-order valence-corrected chi connectivity index (χ3v) is 1.39. The van der Waals surface area contributed by atoms with Crippen LogP contribution in [-0.2, 0) is 9.59 Å². The van der Waals surface area contributed by atoms with Gasteiger partial charge in [-0.1, -0.05) is 0 Å². The molecule has 3 nitrogen and oxygen atoms in total. The molecule has 57 valence electrons. The lowest BCUT2D eigenvalue weighted by Gasteiger charge is -2.05. The van der Waals surface area contributed by atoms with E-state index in [9.17, 15) is 9.59 Å². The first-order valence-corrected chi connectivity index (χ1v) is 3.75. The second kappa shape index (κ2) is 5.56. The number of halogens is 1. The Balaban J connectivity index is 3.62. The third kappa shape index (κ3) is 3.74. The number of rotatable bonds is 4. The Morgan fingerprint density at radius 3 is 2.70 bits per heavy atom. The van der Waals surface area contributed by atoms with Gasteiger partial charge in [0.2, 0.25) is 12.2 Å². The second-order valence-electron chi connectivity index (χ2n) is 1.55.